The summed E-state index contributed by atoms with van der Waals surface area (Å²) in [6, 6.07) is 0. The lowest BCUT2D eigenvalue weighted by Crippen LogP contribution is -2.30. The molecule has 0 aromatic heterocycles. The molecule has 0 aromatic carbocycles. The van der Waals surface area contributed by atoms with Crippen LogP contribution in [0.4, 0.5) is 0 Å². The van der Waals surface area contributed by atoms with Gasteiger partial charge < -0.3 is 14.2 Å². The van der Waals surface area contributed by atoms with Gasteiger partial charge in [0.05, 0.1) is 6.42 Å². The molecule has 0 N–H and O–H groups in total. The topological polar surface area (TPSA) is 78.9 Å². The molecule has 1 atom stereocenters. The second-order valence-electron chi connectivity index (χ2n) is 17.4. The lowest BCUT2D eigenvalue weighted by Gasteiger charge is -2.18. The monoisotopic (exact) mass is 903 g/mol. The molecular formula is C59H98O6. The fourth-order valence-electron chi connectivity index (χ4n) is 7.18. The second-order valence-corrected chi connectivity index (χ2v) is 17.4. The number of unbranched alkanes of at least 4 members (excludes halogenated alkanes) is 21. The maximum absolute atomic E-state index is 12.7. The van der Waals surface area contributed by atoms with Gasteiger partial charge in [-0.3, -0.25) is 14.4 Å². The fourth-order valence-corrected chi connectivity index (χ4v) is 7.18. The van der Waals surface area contributed by atoms with E-state index in [0.29, 0.717) is 19.3 Å². The highest BCUT2D eigenvalue weighted by Crippen LogP contribution is 2.15. The van der Waals surface area contributed by atoms with Crippen LogP contribution in [0.5, 0.6) is 0 Å². The van der Waals surface area contributed by atoms with E-state index in [1.54, 1.807) is 6.08 Å². The second kappa shape index (κ2) is 52.9. The van der Waals surface area contributed by atoms with E-state index in [9.17, 15) is 14.4 Å². The number of hydrogen-bond acceptors (Lipinski definition) is 6. The van der Waals surface area contributed by atoms with Crippen molar-refractivity contribution in [2.24, 2.45) is 0 Å². The minimum Gasteiger partial charge on any atom is -0.462 e. The van der Waals surface area contributed by atoms with Crippen LogP contribution in [0.2, 0.25) is 0 Å². The predicted molar refractivity (Wildman–Crippen MR) is 279 cm³/mol. The number of allylic oxidation sites excluding steroid dienone is 15. The summed E-state index contributed by atoms with van der Waals surface area (Å²) in [6.45, 7) is 6.30. The van der Waals surface area contributed by atoms with Gasteiger partial charge in [0.1, 0.15) is 13.2 Å². The number of esters is 3. The van der Waals surface area contributed by atoms with Crippen molar-refractivity contribution in [2.75, 3.05) is 13.2 Å². The smallest absolute Gasteiger partial charge is 0.310 e. The molecule has 65 heavy (non-hydrogen) atoms. The van der Waals surface area contributed by atoms with Gasteiger partial charge in [0.2, 0.25) is 0 Å². The summed E-state index contributed by atoms with van der Waals surface area (Å²) in [6.07, 6.45) is 70.0. The first-order valence-corrected chi connectivity index (χ1v) is 26.7. The van der Waals surface area contributed by atoms with Gasteiger partial charge >= 0.3 is 17.9 Å². The molecule has 6 heteroatoms. The molecule has 0 aliphatic rings. The van der Waals surface area contributed by atoms with E-state index in [-0.39, 0.29) is 31.6 Å². The summed E-state index contributed by atoms with van der Waals surface area (Å²) >= 11 is 0. The van der Waals surface area contributed by atoms with Gasteiger partial charge in [-0.05, 0) is 77.0 Å². The van der Waals surface area contributed by atoms with Crippen molar-refractivity contribution in [3.8, 4) is 0 Å². The van der Waals surface area contributed by atoms with Crippen molar-refractivity contribution < 1.29 is 28.6 Å². The first-order valence-electron chi connectivity index (χ1n) is 26.7. The minimum atomic E-state index is -0.843. The lowest BCUT2D eigenvalue weighted by molar-refractivity contribution is -0.166. The van der Waals surface area contributed by atoms with Crippen molar-refractivity contribution >= 4 is 17.9 Å². The zero-order chi connectivity index (χ0) is 47.2. The van der Waals surface area contributed by atoms with Crippen molar-refractivity contribution in [2.45, 2.75) is 245 Å². The Morgan fingerprint density at radius 1 is 0.338 bits per heavy atom. The van der Waals surface area contributed by atoms with Crippen LogP contribution in [0.3, 0.4) is 0 Å². The standard InChI is InChI=1S/C59H98O6/c1-4-7-10-13-16-19-22-25-27-28-29-30-32-34-37-40-43-46-49-52-58(61)64-55-56(54-63-57(60)51-48-45-42-39-36-33-24-21-18-15-12-9-6-3)65-59(62)53-50-47-44-41-38-35-31-26-23-20-17-14-11-8-5-2/h8-9,11-12,17-18,20-21,26,31,33,36,38,41,47,50,56H,4-7,10,13-16,19,22-25,27-30,32,34-35,37,39-40,42-46,48-49,51-55H2,1-3H3/b11-8-,12-9-,20-17-,21-18-,31-26-,36-33-,41-38-,50-47-. The third-order valence-electron chi connectivity index (χ3n) is 11.1. The summed E-state index contributed by atoms with van der Waals surface area (Å²) in [5.41, 5.74) is 0. The van der Waals surface area contributed by atoms with Gasteiger partial charge in [-0.25, -0.2) is 0 Å². The highest BCUT2D eigenvalue weighted by Gasteiger charge is 2.19. The Labute approximate surface area is 400 Å². The van der Waals surface area contributed by atoms with Gasteiger partial charge in [-0.1, -0.05) is 240 Å². The van der Waals surface area contributed by atoms with Crippen molar-refractivity contribution in [1.82, 2.24) is 0 Å². The van der Waals surface area contributed by atoms with Crippen LogP contribution in [0.1, 0.15) is 239 Å². The quantitative estimate of drug-likeness (QED) is 0.0262. The third kappa shape index (κ3) is 51.2. The molecule has 0 bridgehead atoms. The van der Waals surface area contributed by atoms with Crippen molar-refractivity contribution in [3.63, 3.8) is 0 Å². The van der Waals surface area contributed by atoms with Crippen LogP contribution in [0, 0.1) is 0 Å². The van der Waals surface area contributed by atoms with Crippen LogP contribution in [0.25, 0.3) is 0 Å². The van der Waals surface area contributed by atoms with E-state index in [2.05, 4.69) is 106 Å². The molecule has 0 rings (SSSR count). The van der Waals surface area contributed by atoms with E-state index in [1.807, 2.05) is 6.08 Å². The highest BCUT2D eigenvalue weighted by molar-refractivity contribution is 5.72. The summed E-state index contributed by atoms with van der Waals surface area (Å²) in [4.78, 5) is 37.9. The predicted octanol–water partition coefficient (Wildman–Crippen LogP) is 17.8. The molecule has 0 amide bonds. The maximum Gasteiger partial charge on any atom is 0.310 e. The van der Waals surface area contributed by atoms with Crippen LogP contribution in [0.15, 0.2) is 97.2 Å². The summed E-state index contributed by atoms with van der Waals surface area (Å²) in [7, 11) is 0. The average molecular weight is 903 g/mol. The molecule has 0 fully saturated rings. The molecule has 1 unspecified atom stereocenters. The molecule has 370 valence electrons. The zero-order valence-electron chi connectivity index (χ0n) is 42.2. The van der Waals surface area contributed by atoms with Crippen LogP contribution in [-0.2, 0) is 28.6 Å². The van der Waals surface area contributed by atoms with Crippen LogP contribution >= 0.6 is 0 Å². The summed E-state index contributed by atoms with van der Waals surface area (Å²) in [5.74, 6) is -1.09. The first-order chi connectivity index (χ1) is 32.0. The molecule has 0 heterocycles. The lowest BCUT2D eigenvalue weighted by atomic mass is 10.0. The van der Waals surface area contributed by atoms with Gasteiger partial charge in [0.15, 0.2) is 6.10 Å². The normalized spacial score (nSPS) is 12.8. The molecule has 0 saturated heterocycles. The third-order valence-corrected chi connectivity index (χ3v) is 11.1. The number of rotatable bonds is 47. The Kier molecular flexibility index (Phi) is 50.0. The first kappa shape index (κ1) is 61.3. The SMILES string of the molecule is CC/C=C\C/C=C\C/C=C\C/C=C\C/C=C\CC(=O)OC(COC(=O)CCCCC/C=C\C/C=C\C/C=C\CC)COC(=O)CCCCCCCCCCCCCCCCCCCCC. The van der Waals surface area contributed by atoms with Crippen LogP contribution < -0.4 is 0 Å². The van der Waals surface area contributed by atoms with E-state index < -0.39 is 12.1 Å². The molecule has 0 aliphatic heterocycles. The van der Waals surface area contributed by atoms with Crippen molar-refractivity contribution in [1.29, 1.82) is 0 Å². The molecule has 0 spiro atoms. The number of ether oxygens (including phenoxy) is 3. The van der Waals surface area contributed by atoms with E-state index in [1.165, 1.54) is 103 Å². The molecular weight excluding hydrogens is 805 g/mol. The van der Waals surface area contributed by atoms with E-state index in [4.69, 9.17) is 14.2 Å². The molecule has 0 saturated carbocycles. The minimum absolute atomic E-state index is 0.0896. The Bertz CT molecular complexity index is 1310. The maximum atomic E-state index is 12.7. The molecule has 0 radical (unpaired) electrons. The Morgan fingerprint density at radius 3 is 1.02 bits per heavy atom. The van der Waals surface area contributed by atoms with Gasteiger partial charge in [-0.15, -0.1) is 0 Å². The van der Waals surface area contributed by atoms with Gasteiger partial charge in [0, 0.05) is 12.8 Å². The number of hydrogen-bond donors (Lipinski definition) is 0. The number of carbonyl (C=O) groups excluding carboxylic acids is 3. The highest BCUT2D eigenvalue weighted by atomic mass is 16.6. The zero-order valence-corrected chi connectivity index (χ0v) is 42.2. The molecule has 0 aromatic rings. The van der Waals surface area contributed by atoms with Gasteiger partial charge in [-0.2, -0.15) is 0 Å². The Morgan fingerprint density at radius 2 is 0.646 bits per heavy atom. The fraction of sp³-hybridized carbons (Fsp3) is 0.678. The largest absolute Gasteiger partial charge is 0.462 e. The average Bonchev–Trinajstić information content (AvgIpc) is 3.30. The molecule has 0 aliphatic carbocycles. The van der Waals surface area contributed by atoms with Crippen LogP contribution in [-0.4, -0.2) is 37.2 Å². The van der Waals surface area contributed by atoms with Gasteiger partial charge in [0.25, 0.3) is 0 Å². The van der Waals surface area contributed by atoms with Crippen molar-refractivity contribution in [3.05, 3.63) is 97.2 Å². The van der Waals surface area contributed by atoms with E-state index >= 15 is 0 Å². The van der Waals surface area contributed by atoms with E-state index in [0.717, 1.165) is 89.9 Å². The molecule has 6 nitrogen and oxygen atoms in total. The Balaban J connectivity index is 4.48. The summed E-state index contributed by atoms with van der Waals surface area (Å²) < 4.78 is 16.7. The summed E-state index contributed by atoms with van der Waals surface area (Å²) in [5, 5.41) is 0. The number of carbonyl (C=O) groups is 3. The Hall–Kier alpha value is -3.67.